The molecule has 1 fully saturated rings. The van der Waals surface area contributed by atoms with E-state index in [2.05, 4.69) is 83.0 Å². The summed E-state index contributed by atoms with van der Waals surface area (Å²) in [4.78, 5) is 25.6. The summed E-state index contributed by atoms with van der Waals surface area (Å²) in [5.41, 5.74) is 8.31. The smallest absolute Gasteiger partial charge is 0.303 e. The first-order valence-electron chi connectivity index (χ1n) is 18.4. The highest BCUT2D eigenvalue weighted by molar-refractivity contribution is 5.76. The number of rotatable bonds is 17. The molecule has 0 radical (unpaired) electrons. The largest absolute Gasteiger partial charge is 0.481 e. The molecule has 6 rings (SSSR count). The number of ether oxygens (including phenoxy) is 2. The van der Waals surface area contributed by atoms with Crippen LogP contribution in [0.3, 0.4) is 0 Å². The molecule has 0 aromatic heterocycles. The predicted molar refractivity (Wildman–Crippen MR) is 205 cm³/mol. The fourth-order valence-electron chi connectivity index (χ4n) is 6.77. The van der Waals surface area contributed by atoms with Crippen molar-refractivity contribution in [1.82, 2.24) is 10.2 Å². The van der Waals surface area contributed by atoms with Crippen LogP contribution in [0.25, 0.3) is 11.1 Å². The molecular weight excluding hydrogens is 665 g/mol. The van der Waals surface area contributed by atoms with Crippen molar-refractivity contribution in [2.75, 3.05) is 6.54 Å². The van der Waals surface area contributed by atoms with E-state index >= 15 is 0 Å². The van der Waals surface area contributed by atoms with Gasteiger partial charge in [0.25, 0.3) is 0 Å². The van der Waals surface area contributed by atoms with Crippen LogP contribution in [0.2, 0.25) is 0 Å². The van der Waals surface area contributed by atoms with Crippen molar-refractivity contribution in [3.8, 4) is 11.1 Å². The molecule has 1 aliphatic rings. The number of aliphatic hydroxyl groups is 1. The summed E-state index contributed by atoms with van der Waals surface area (Å²) in [6.07, 6.45) is 1.16. The van der Waals surface area contributed by atoms with Gasteiger partial charge in [-0.15, -0.1) is 0 Å². The lowest BCUT2D eigenvalue weighted by atomic mass is 9.98. The Bertz CT molecular complexity index is 1860. The van der Waals surface area contributed by atoms with Crippen LogP contribution in [-0.4, -0.2) is 39.6 Å². The lowest BCUT2D eigenvalue weighted by Crippen LogP contribution is -2.39. The maximum atomic E-state index is 12.4. The highest BCUT2D eigenvalue weighted by atomic mass is 16.7. The third-order valence-corrected chi connectivity index (χ3v) is 9.53. The first-order chi connectivity index (χ1) is 25.9. The van der Waals surface area contributed by atoms with Crippen molar-refractivity contribution in [2.45, 2.75) is 76.8 Å². The Labute approximate surface area is 312 Å². The van der Waals surface area contributed by atoms with Crippen molar-refractivity contribution in [1.29, 1.82) is 0 Å². The van der Waals surface area contributed by atoms with E-state index in [1.54, 1.807) is 0 Å². The minimum absolute atomic E-state index is 0.0109. The number of carbonyl (C=O) groups excluding carboxylic acids is 1. The minimum atomic E-state index is -0.842. The number of carboxylic acids is 1. The van der Waals surface area contributed by atoms with Crippen molar-refractivity contribution in [3.63, 3.8) is 0 Å². The molecule has 1 amide bonds. The van der Waals surface area contributed by atoms with Crippen molar-refractivity contribution in [2.24, 2.45) is 0 Å². The summed E-state index contributed by atoms with van der Waals surface area (Å²) in [5, 5.41) is 21.5. The lowest BCUT2D eigenvalue weighted by Gasteiger charge is -2.38. The summed E-state index contributed by atoms with van der Waals surface area (Å²) < 4.78 is 13.6. The summed E-state index contributed by atoms with van der Waals surface area (Å²) in [5.74, 6) is -0.930. The molecule has 3 atom stereocenters. The fourth-order valence-corrected chi connectivity index (χ4v) is 6.77. The van der Waals surface area contributed by atoms with Gasteiger partial charge in [0.1, 0.15) is 0 Å². The molecule has 3 N–H and O–H groups in total. The molecule has 3 unspecified atom stereocenters. The summed E-state index contributed by atoms with van der Waals surface area (Å²) in [6, 6.07) is 45.4. The number of nitrogens with zero attached hydrogens (tertiary/aromatic N) is 1. The predicted octanol–water partition coefficient (Wildman–Crippen LogP) is 8.35. The van der Waals surface area contributed by atoms with Crippen molar-refractivity contribution < 1.29 is 29.3 Å². The zero-order valence-electron chi connectivity index (χ0n) is 30.0. The van der Waals surface area contributed by atoms with Gasteiger partial charge in [-0.1, -0.05) is 121 Å². The molecule has 1 saturated heterocycles. The summed E-state index contributed by atoms with van der Waals surface area (Å²) >= 11 is 0. The van der Waals surface area contributed by atoms with E-state index in [9.17, 15) is 14.7 Å². The van der Waals surface area contributed by atoms with Crippen LogP contribution in [0.5, 0.6) is 0 Å². The topological polar surface area (TPSA) is 108 Å². The van der Waals surface area contributed by atoms with Crippen molar-refractivity contribution in [3.05, 3.63) is 167 Å². The molecule has 5 aromatic rings. The van der Waals surface area contributed by atoms with Gasteiger partial charge in [0.2, 0.25) is 5.91 Å². The van der Waals surface area contributed by atoms with E-state index in [-0.39, 0.29) is 31.1 Å². The molecule has 53 heavy (non-hydrogen) atoms. The van der Waals surface area contributed by atoms with E-state index in [1.807, 2.05) is 60.7 Å². The Morgan fingerprint density at radius 1 is 0.660 bits per heavy atom. The molecule has 8 heteroatoms. The van der Waals surface area contributed by atoms with Gasteiger partial charge in [0.05, 0.1) is 18.8 Å². The molecule has 274 valence electrons. The van der Waals surface area contributed by atoms with Crippen LogP contribution in [-0.2, 0) is 45.3 Å². The number of amides is 1. The second-order valence-corrected chi connectivity index (χ2v) is 13.7. The number of aliphatic carboxylic acids is 1. The molecule has 1 aliphatic heterocycles. The number of unbranched alkanes of at least 4 members (excludes halogenated alkanes) is 1. The number of carboxylic acid groups (broad SMARTS) is 1. The second kappa shape index (κ2) is 19.1. The highest BCUT2D eigenvalue weighted by Crippen LogP contribution is 2.39. The second-order valence-electron chi connectivity index (χ2n) is 13.7. The lowest BCUT2D eigenvalue weighted by molar-refractivity contribution is -0.253. The van der Waals surface area contributed by atoms with E-state index in [0.717, 1.165) is 46.5 Å². The number of aliphatic hydroxyl groups excluding tert-OH is 1. The number of hydrogen-bond acceptors (Lipinski definition) is 6. The van der Waals surface area contributed by atoms with Gasteiger partial charge in [-0.3, -0.25) is 14.5 Å². The molecule has 5 aromatic carbocycles. The van der Waals surface area contributed by atoms with Crippen LogP contribution in [0, 0.1) is 0 Å². The van der Waals surface area contributed by atoms with Gasteiger partial charge in [0, 0.05) is 51.0 Å². The van der Waals surface area contributed by atoms with E-state index < -0.39 is 12.3 Å². The van der Waals surface area contributed by atoms with Crippen LogP contribution in [0.4, 0.5) is 0 Å². The van der Waals surface area contributed by atoms with E-state index in [1.165, 1.54) is 11.1 Å². The molecule has 8 nitrogen and oxygen atoms in total. The minimum Gasteiger partial charge on any atom is -0.481 e. The standard InChI is InChI=1S/C45H48N2O6/c48-32-35-21-23-37(24-22-35)42-27-41(31-47(29-33-11-3-1-4-12-33)30-34-13-5-2-6-14-34)52-45(53-42)40-18-10-17-39(26-40)38-16-9-15-36(25-38)28-46-43(49)19-7-8-20-44(50)51/h1-6,9-18,21-26,41-42,45,48H,7-8,19-20,27-32H2,(H,46,49)(H,50,51). The Morgan fingerprint density at radius 2 is 1.28 bits per heavy atom. The average molecular weight is 713 g/mol. The first kappa shape index (κ1) is 37.6. The van der Waals surface area contributed by atoms with Gasteiger partial charge in [-0.25, -0.2) is 0 Å². The molecule has 0 bridgehead atoms. The van der Waals surface area contributed by atoms with Gasteiger partial charge < -0.3 is 25.0 Å². The maximum absolute atomic E-state index is 12.4. The van der Waals surface area contributed by atoms with Crippen LogP contribution >= 0.6 is 0 Å². The summed E-state index contributed by atoms with van der Waals surface area (Å²) in [7, 11) is 0. The number of nitrogens with one attached hydrogen (secondary N) is 1. The van der Waals surface area contributed by atoms with Crippen LogP contribution in [0.15, 0.2) is 133 Å². The van der Waals surface area contributed by atoms with E-state index in [0.29, 0.717) is 38.8 Å². The maximum Gasteiger partial charge on any atom is 0.303 e. The Morgan fingerprint density at radius 3 is 1.94 bits per heavy atom. The molecule has 0 spiro atoms. The third kappa shape index (κ3) is 11.4. The summed E-state index contributed by atoms with van der Waals surface area (Å²) in [6.45, 7) is 2.66. The SMILES string of the molecule is O=C(O)CCCCC(=O)NCc1cccc(-c2cccc(C3OC(CN(Cc4ccccc4)Cc4ccccc4)CC(c4ccc(CO)cc4)O3)c2)c1. The molecular formula is C45H48N2O6. The molecule has 0 aliphatic carbocycles. The zero-order chi connectivity index (χ0) is 36.8. The van der Waals surface area contributed by atoms with Gasteiger partial charge in [-0.05, 0) is 63.9 Å². The Hall–Kier alpha value is -5.12. The van der Waals surface area contributed by atoms with Crippen LogP contribution in [0.1, 0.15) is 77.9 Å². The van der Waals surface area contributed by atoms with Gasteiger partial charge >= 0.3 is 5.97 Å². The monoisotopic (exact) mass is 712 g/mol. The highest BCUT2D eigenvalue weighted by Gasteiger charge is 2.33. The number of benzene rings is 5. The van der Waals surface area contributed by atoms with Crippen molar-refractivity contribution >= 4 is 11.9 Å². The normalized spacial score (nSPS) is 17.1. The number of hydrogen-bond donors (Lipinski definition) is 3. The zero-order valence-corrected chi connectivity index (χ0v) is 30.0. The van der Waals surface area contributed by atoms with E-state index in [4.69, 9.17) is 14.6 Å². The first-order valence-corrected chi connectivity index (χ1v) is 18.4. The third-order valence-electron chi connectivity index (χ3n) is 9.53. The Kier molecular flexibility index (Phi) is 13.6. The number of carbonyl (C=O) groups is 2. The average Bonchev–Trinajstić information content (AvgIpc) is 3.19. The van der Waals surface area contributed by atoms with Crippen LogP contribution < -0.4 is 5.32 Å². The molecule has 1 heterocycles. The van der Waals surface area contributed by atoms with Gasteiger partial charge in [0.15, 0.2) is 6.29 Å². The fraction of sp³-hybridized carbons (Fsp3) is 0.289. The Balaban J connectivity index is 1.20. The molecule has 0 saturated carbocycles. The quantitative estimate of drug-likeness (QED) is 0.0832. The van der Waals surface area contributed by atoms with Gasteiger partial charge in [-0.2, -0.15) is 0 Å².